The standard InChI is InChI=1S/C71H108ClF9N12O12/c1-10-42(2)58-65(103)87(5)40-56(96)85(3)41-57(97)88(6)51(36-44-22-26-46(27-23-44)70(76,77)78)63(101)86(4)39-54(94)82-49(29-25-43-24-28-47(48(72)35-43)71(79,80)81)62(100)93-34-18-21-50(93)61(99)84-68(30-14-15-31-68)67(105)91(9)59(45-19-12-11-13-20-45)66(104)90(8)52(64(102)92-32-16-17-33-92)37-55(95)89(7)53(60(98)83-58)38-69(73,74)75/h42-53,58-59H,10-41H2,1-9H3,(H,82,94)(H,83,98)(H,84,99)/t42-,43?,44?,46?,47?,48?,49-,50-,51-,52-,53-,58-,59-/m0/s1. The molecular formula is C71H108ClF9N12O12. The minimum absolute atomic E-state index is 0.00787. The molecule has 34 heteroatoms. The molecule has 105 heavy (non-hydrogen) atoms. The minimum Gasteiger partial charge on any atom is -0.343 e. The van der Waals surface area contributed by atoms with Crippen LogP contribution in [0.5, 0.6) is 0 Å². The van der Waals surface area contributed by atoms with Crippen LogP contribution in [0.1, 0.15) is 181 Å². The number of nitrogens with zero attached hydrogens (tertiary/aromatic N) is 9. The van der Waals surface area contributed by atoms with Gasteiger partial charge < -0.3 is 60.0 Å². The van der Waals surface area contributed by atoms with Crippen LogP contribution in [-0.2, 0) is 57.5 Å². The van der Waals surface area contributed by atoms with E-state index in [-0.39, 0.29) is 116 Å². The van der Waals surface area contributed by atoms with Crippen molar-refractivity contribution < 1.29 is 97.0 Å². The largest absolute Gasteiger partial charge is 0.393 e. The van der Waals surface area contributed by atoms with Gasteiger partial charge >= 0.3 is 18.5 Å². The van der Waals surface area contributed by atoms with Gasteiger partial charge in [0, 0.05) is 74.3 Å². The Kier molecular flexibility index (Phi) is 29.7. The number of likely N-dealkylation sites (tertiary alicyclic amines) is 1. The van der Waals surface area contributed by atoms with Gasteiger partial charge in [-0.25, -0.2) is 0 Å². The van der Waals surface area contributed by atoms with Crippen molar-refractivity contribution in [2.45, 2.75) is 253 Å². The molecule has 7 aliphatic rings. The maximum atomic E-state index is 15.7. The summed E-state index contributed by atoms with van der Waals surface area (Å²) >= 11 is 6.36. The van der Waals surface area contributed by atoms with Gasteiger partial charge in [0.05, 0.1) is 44.3 Å². The lowest BCUT2D eigenvalue weighted by Crippen LogP contribution is -2.65. The van der Waals surface area contributed by atoms with E-state index in [1.807, 2.05) is 0 Å². The smallest absolute Gasteiger partial charge is 0.343 e. The van der Waals surface area contributed by atoms with E-state index in [1.165, 1.54) is 56.9 Å². The summed E-state index contributed by atoms with van der Waals surface area (Å²) in [5.74, 6) is -16.8. The summed E-state index contributed by atoms with van der Waals surface area (Å²) in [6, 6.07) is -11.3. The van der Waals surface area contributed by atoms with E-state index in [9.17, 15) is 77.9 Å². The number of hydrogen-bond acceptors (Lipinski definition) is 12. The molecule has 594 valence electrons. The lowest BCUT2D eigenvalue weighted by molar-refractivity contribution is -0.184. The average molecular weight is 1530 g/mol. The zero-order chi connectivity index (χ0) is 78.0. The minimum atomic E-state index is -5.13. The number of hydrogen-bond donors (Lipinski definition) is 3. The van der Waals surface area contributed by atoms with Crippen LogP contribution in [0, 0.1) is 35.5 Å². The van der Waals surface area contributed by atoms with Gasteiger partial charge in [-0.05, 0) is 139 Å². The first-order chi connectivity index (χ1) is 49.1. The van der Waals surface area contributed by atoms with Gasteiger partial charge in [-0.3, -0.25) is 57.5 Å². The Morgan fingerprint density at radius 3 is 1.73 bits per heavy atom. The summed E-state index contributed by atoms with van der Waals surface area (Å²) in [6.07, 6.45) is -12.9. The molecule has 3 N–H and O–H groups in total. The molecule has 0 aromatic rings. The van der Waals surface area contributed by atoms with Crippen LogP contribution in [0.15, 0.2) is 0 Å². The predicted molar refractivity (Wildman–Crippen MR) is 366 cm³/mol. The molecular weight excluding hydrogens is 1420 g/mol. The number of likely N-dealkylation sites (N-methyl/N-ethyl adjacent to an activating group) is 7. The zero-order valence-electron chi connectivity index (χ0n) is 61.9. The maximum Gasteiger partial charge on any atom is 0.393 e. The molecule has 3 unspecified atom stereocenters. The summed E-state index contributed by atoms with van der Waals surface area (Å²) in [6.45, 7) is 1.12. The molecule has 0 aromatic carbocycles. The highest BCUT2D eigenvalue weighted by molar-refractivity contribution is 6.21. The molecule has 0 aromatic heterocycles. The second-order valence-corrected chi connectivity index (χ2v) is 31.4. The third-order valence-electron chi connectivity index (χ3n) is 23.5. The van der Waals surface area contributed by atoms with Gasteiger partial charge in [0.2, 0.25) is 70.9 Å². The van der Waals surface area contributed by atoms with Crippen LogP contribution in [-0.4, -0.2) is 275 Å². The Bertz CT molecular complexity index is 3110. The summed E-state index contributed by atoms with van der Waals surface area (Å²) < 4.78 is 128. The molecule has 12 amide bonds. The molecule has 7 rings (SSSR count). The first-order valence-corrected chi connectivity index (χ1v) is 37.7. The number of amides is 12. The lowest BCUT2D eigenvalue weighted by atomic mass is 9.78. The van der Waals surface area contributed by atoms with Crippen molar-refractivity contribution in [3.8, 4) is 0 Å². The number of halogens is 10. The highest BCUT2D eigenvalue weighted by Crippen LogP contribution is 2.45. The quantitative estimate of drug-likeness (QED) is 0.151. The summed E-state index contributed by atoms with van der Waals surface area (Å²) in [5, 5.41) is 6.78. The Morgan fingerprint density at radius 2 is 1.15 bits per heavy atom. The van der Waals surface area contributed by atoms with Crippen LogP contribution >= 0.6 is 11.6 Å². The number of fused-ring (bicyclic) bond motifs is 1. The first kappa shape index (κ1) is 85.5. The van der Waals surface area contributed by atoms with Crippen molar-refractivity contribution in [1.29, 1.82) is 0 Å². The Balaban J connectivity index is 1.29. The van der Waals surface area contributed by atoms with Crippen molar-refractivity contribution >= 4 is 82.5 Å². The molecule has 7 fully saturated rings. The van der Waals surface area contributed by atoms with E-state index < -0.39 is 211 Å². The molecule has 0 radical (unpaired) electrons. The van der Waals surface area contributed by atoms with Crippen LogP contribution in [0.3, 0.4) is 0 Å². The molecule has 3 heterocycles. The van der Waals surface area contributed by atoms with E-state index >= 15 is 19.2 Å². The van der Waals surface area contributed by atoms with E-state index in [4.69, 9.17) is 11.6 Å². The fourth-order valence-corrected chi connectivity index (χ4v) is 17.2. The molecule has 4 saturated carbocycles. The fourth-order valence-electron chi connectivity index (χ4n) is 16.7. The van der Waals surface area contributed by atoms with Crippen LogP contribution < -0.4 is 16.0 Å². The zero-order valence-corrected chi connectivity index (χ0v) is 62.7. The van der Waals surface area contributed by atoms with Gasteiger partial charge in [-0.1, -0.05) is 52.4 Å². The van der Waals surface area contributed by atoms with Crippen molar-refractivity contribution in [3.63, 3.8) is 0 Å². The molecule has 24 nitrogen and oxygen atoms in total. The van der Waals surface area contributed by atoms with Gasteiger partial charge in [0.15, 0.2) is 0 Å². The van der Waals surface area contributed by atoms with Crippen molar-refractivity contribution in [2.75, 3.05) is 88.6 Å². The van der Waals surface area contributed by atoms with Gasteiger partial charge in [-0.2, -0.15) is 39.5 Å². The van der Waals surface area contributed by atoms with E-state index in [0.29, 0.717) is 56.3 Å². The Morgan fingerprint density at radius 1 is 0.562 bits per heavy atom. The van der Waals surface area contributed by atoms with Gasteiger partial charge in [0.1, 0.15) is 47.8 Å². The van der Waals surface area contributed by atoms with Gasteiger partial charge in [-0.15, -0.1) is 11.6 Å². The van der Waals surface area contributed by atoms with Crippen LogP contribution in [0.2, 0.25) is 0 Å². The highest BCUT2D eigenvalue weighted by Gasteiger charge is 2.53. The number of rotatable bonds is 10. The van der Waals surface area contributed by atoms with Crippen LogP contribution in [0.4, 0.5) is 39.5 Å². The number of alkyl halides is 10. The maximum absolute atomic E-state index is 15.7. The number of carbonyl (C=O) groups excluding carboxylic acids is 12. The van der Waals surface area contributed by atoms with E-state index in [1.54, 1.807) is 6.92 Å². The predicted octanol–water partition coefficient (Wildman–Crippen LogP) is 6.79. The molecule has 3 aliphatic heterocycles. The van der Waals surface area contributed by atoms with E-state index in [0.717, 1.165) is 45.0 Å². The van der Waals surface area contributed by atoms with Crippen molar-refractivity contribution in [2.24, 2.45) is 35.5 Å². The number of carbonyl (C=O) groups is 12. The molecule has 11 atom stereocenters. The van der Waals surface area contributed by atoms with Crippen LogP contribution in [0.25, 0.3) is 0 Å². The summed E-state index contributed by atoms with van der Waals surface area (Å²) in [7, 11) is 8.34. The fraction of sp³-hybridized carbons (Fsp3) is 0.831. The Hall–Kier alpha value is -6.70. The summed E-state index contributed by atoms with van der Waals surface area (Å²) in [4.78, 5) is 187. The molecule has 4 aliphatic carbocycles. The highest BCUT2D eigenvalue weighted by atomic mass is 35.5. The summed E-state index contributed by atoms with van der Waals surface area (Å²) in [5.41, 5.74) is -1.69. The third kappa shape index (κ3) is 21.8. The van der Waals surface area contributed by atoms with Gasteiger partial charge in [0.25, 0.3) is 0 Å². The average Bonchev–Trinajstić information content (AvgIpc) is 1.76. The second-order valence-electron chi connectivity index (χ2n) is 30.8. The molecule has 0 bridgehead atoms. The molecule has 3 saturated heterocycles. The third-order valence-corrected chi connectivity index (χ3v) is 24.0. The normalized spacial score (nSPS) is 30.7. The topological polar surface area (TPSA) is 270 Å². The second kappa shape index (κ2) is 36.5. The first-order valence-electron chi connectivity index (χ1n) is 37.2. The van der Waals surface area contributed by atoms with E-state index in [2.05, 4.69) is 16.0 Å². The Labute approximate surface area is 613 Å². The molecule has 1 spiro atoms. The number of nitrogens with one attached hydrogen (secondary N) is 3. The monoisotopic (exact) mass is 1530 g/mol. The van der Waals surface area contributed by atoms with Crippen molar-refractivity contribution in [3.05, 3.63) is 0 Å². The van der Waals surface area contributed by atoms with Crippen molar-refractivity contribution in [1.82, 2.24) is 60.0 Å². The lowest BCUT2D eigenvalue weighted by Gasteiger charge is -2.43. The SMILES string of the molecule is CC[C@H](C)[C@@H]1NC(=O)[C@H](CC(F)(F)F)N(C)C(=O)C[C@@H](C(=O)N2CCCC2)N(C)C(=O)[C@H](C2CCCCC2)N(C)C(=O)C2(CCCC2)NC(=O)[C@@H]2CCCN2C(=O)[C@H](CCC2CCC(C(F)(F)F)C(Cl)C2)NC(=O)CN(C)C(=O)[C@H](CC2CCC(C(F)(F)F)CC2)N(C)C(=O)CN(C)C(=O)CN(C)C1=O.